The van der Waals surface area contributed by atoms with E-state index in [9.17, 15) is 14.7 Å². The van der Waals surface area contributed by atoms with Gasteiger partial charge in [-0.1, -0.05) is 41.9 Å². The van der Waals surface area contributed by atoms with E-state index >= 15 is 0 Å². The minimum atomic E-state index is -1.08. The molecule has 1 amide bonds. The van der Waals surface area contributed by atoms with Gasteiger partial charge in [-0.2, -0.15) is 0 Å². The first-order chi connectivity index (χ1) is 14.5. The lowest BCUT2D eigenvalue weighted by Gasteiger charge is -2.14. The van der Waals surface area contributed by atoms with Crippen molar-refractivity contribution in [1.29, 1.82) is 0 Å². The molecule has 2 aromatic heterocycles. The molecule has 0 fully saturated rings. The van der Waals surface area contributed by atoms with Crippen LogP contribution in [-0.4, -0.2) is 33.0 Å². The van der Waals surface area contributed by atoms with Crippen molar-refractivity contribution in [3.63, 3.8) is 0 Å². The molecule has 8 heteroatoms. The van der Waals surface area contributed by atoms with Crippen LogP contribution >= 0.6 is 22.9 Å². The molecule has 0 bridgehead atoms. The minimum absolute atomic E-state index is 0.00866. The second kappa shape index (κ2) is 8.69. The van der Waals surface area contributed by atoms with E-state index in [2.05, 4.69) is 15.3 Å². The number of carboxylic acid groups (broad SMARTS) is 1. The summed E-state index contributed by atoms with van der Waals surface area (Å²) in [5.74, 6) is -1.46. The van der Waals surface area contributed by atoms with Crippen LogP contribution in [0.3, 0.4) is 0 Å². The van der Waals surface area contributed by atoms with Crippen LogP contribution in [0, 0.1) is 0 Å². The van der Waals surface area contributed by atoms with Crippen molar-refractivity contribution in [2.24, 2.45) is 0 Å². The van der Waals surface area contributed by atoms with E-state index in [1.54, 1.807) is 17.6 Å². The number of halogens is 1. The van der Waals surface area contributed by atoms with Gasteiger partial charge in [0, 0.05) is 39.5 Å². The summed E-state index contributed by atoms with van der Waals surface area (Å²) in [6, 6.07) is 14.0. The third-order valence-electron chi connectivity index (χ3n) is 4.70. The van der Waals surface area contributed by atoms with Gasteiger partial charge in [-0.25, -0.2) is 9.78 Å². The first-order valence-electron chi connectivity index (χ1n) is 9.27. The number of fused-ring (bicyclic) bond motifs is 1. The van der Waals surface area contributed by atoms with E-state index in [-0.39, 0.29) is 18.7 Å². The summed E-state index contributed by atoms with van der Waals surface area (Å²) < 4.78 is 0. The smallest absolute Gasteiger partial charge is 0.326 e. The summed E-state index contributed by atoms with van der Waals surface area (Å²) in [6.45, 7) is 0. The Morgan fingerprint density at radius 2 is 2.03 bits per heavy atom. The molecule has 3 N–H and O–H groups in total. The Hall–Kier alpha value is -3.16. The maximum atomic E-state index is 12.5. The summed E-state index contributed by atoms with van der Waals surface area (Å²) >= 11 is 7.44. The van der Waals surface area contributed by atoms with Crippen LogP contribution in [0.15, 0.2) is 60.1 Å². The molecule has 0 aliphatic heterocycles. The zero-order valence-electron chi connectivity index (χ0n) is 15.8. The number of carboxylic acids is 1. The molecule has 30 heavy (non-hydrogen) atoms. The first kappa shape index (κ1) is 20.1. The number of rotatable bonds is 7. The molecule has 0 saturated heterocycles. The van der Waals surface area contributed by atoms with Crippen LogP contribution in [-0.2, 0) is 22.4 Å². The fourth-order valence-corrected chi connectivity index (χ4v) is 4.28. The molecule has 6 nitrogen and oxygen atoms in total. The number of hydrogen-bond donors (Lipinski definition) is 3. The summed E-state index contributed by atoms with van der Waals surface area (Å²) in [7, 11) is 0. The van der Waals surface area contributed by atoms with Crippen LogP contribution in [0.1, 0.15) is 11.3 Å². The highest BCUT2D eigenvalue weighted by Crippen LogP contribution is 2.26. The Balaban J connectivity index is 1.43. The number of carbonyl (C=O) groups is 2. The minimum Gasteiger partial charge on any atom is -0.480 e. The molecule has 0 radical (unpaired) electrons. The number of benzene rings is 2. The van der Waals surface area contributed by atoms with Gasteiger partial charge in [-0.3, -0.25) is 4.79 Å². The zero-order valence-corrected chi connectivity index (χ0v) is 17.3. The molecule has 4 aromatic rings. The Labute approximate surface area is 181 Å². The van der Waals surface area contributed by atoms with Crippen LogP contribution in [0.4, 0.5) is 0 Å². The Morgan fingerprint density at radius 1 is 1.20 bits per heavy atom. The third-order valence-corrected chi connectivity index (χ3v) is 5.87. The van der Waals surface area contributed by atoms with Crippen LogP contribution in [0.2, 0.25) is 5.02 Å². The molecule has 2 aromatic carbocycles. The van der Waals surface area contributed by atoms with Crippen molar-refractivity contribution >= 4 is 45.7 Å². The number of thiazole rings is 1. The van der Waals surface area contributed by atoms with Crippen molar-refractivity contribution in [1.82, 2.24) is 15.3 Å². The lowest BCUT2D eigenvalue weighted by Crippen LogP contribution is -2.43. The average molecular weight is 440 g/mol. The number of para-hydroxylation sites is 1. The maximum Gasteiger partial charge on any atom is 0.326 e. The molecule has 4 rings (SSSR count). The van der Waals surface area contributed by atoms with Crippen LogP contribution in [0.5, 0.6) is 0 Å². The molecule has 1 atom stereocenters. The first-order valence-corrected chi connectivity index (χ1v) is 10.5. The van der Waals surface area contributed by atoms with E-state index < -0.39 is 12.0 Å². The molecule has 0 aliphatic rings. The number of H-pyrrole nitrogens is 1. The number of aromatic nitrogens is 2. The molecule has 0 aliphatic carbocycles. The zero-order chi connectivity index (χ0) is 21.1. The van der Waals surface area contributed by atoms with Crippen molar-refractivity contribution in [2.75, 3.05) is 0 Å². The quantitative estimate of drug-likeness (QED) is 0.400. The van der Waals surface area contributed by atoms with Gasteiger partial charge >= 0.3 is 5.97 Å². The topological polar surface area (TPSA) is 95.1 Å². The van der Waals surface area contributed by atoms with E-state index in [0.29, 0.717) is 10.7 Å². The fourth-order valence-electron chi connectivity index (χ4n) is 3.27. The van der Waals surface area contributed by atoms with Crippen molar-refractivity contribution in [3.05, 3.63) is 76.4 Å². The number of hydrogen-bond acceptors (Lipinski definition) is 4. The number of carbonyl (C=O) groups excluding carboxylic acids is 1. The summed E-state index contributed by atoms with van der Waals surface area (Å²) in [5.41, 5.74) is 3.24. The molecule has 0 spiro atoms. The largest absolute Gasteiger partial charge is 0.480 e. The van der Waals surface area contributed by atoms with Crippen LogP contribution in [0.25, 0.3) is 21.5 Å². The lowest BCUT2D eigenvalue weighted by atomic mass is 10.0. The van der Waals surface area contributed by atoms with Crippen LogP contribution < -0.4 is 5.32 Å². The van der Waals surface area contributed by atoms with Crippen molar-refractivity contribution < 1.29 is 14.7 Å². The number of aromatic amines is 1. The second-order valence-corrected chi connectivity index (χ2v) is 8.15. The van der Waals surface area contributed by atoms with Gasteiger partial charge < -0.3 is 15.4 Å². The van der Waals surface area contributed by atoms with Crippen molar-refractivity contribution in [2.45, 2.75) is 18.9 Å². The monoisotopic (exact) mass is 439 g/mol. The molecular formula is C22H18ClN3O3S. The summed E-state index contributed by atoms with van der Waals surface area (Å²) in [5, 5.41) is 16.3. The number of amides is 1. The maximum absolute atomic E-state index is 12.5. The van der Waals surface area contributed by atoms with Gasteiger partial charge in [0.15, 0.2) is 0 Å². The Kier molecular flexibility index (Phi) is 5.83. The van der Waals surface area contributed by atoms with Crippen molar-refractivity contribution in [3.8, 4) is 10.6 Å². The number of nitrogens with one attached hydrogen (secondary N) is 2. The molecule has 2 heterocycles. The van der Waals surface area contributed by atoms with Gasteiger partial charge in [0.1, 0.15) is 11.0 Å². The van der Waals surface area contributed by atoms with Gasteiger partial charge in [0.2, 0.25) is 5.91 Å². The fraction of sp³-hybridized carbons (Fsp3) is 0.136. The third kappa shape index (κ3) is 4.53. The highest BCUT2D eigenvalue weighted by atomic mass is 35.5. The van der Waals surface area contributed by atoms with E-state index in [1.807, 2.05) is 42.5 Å². The number of aliphatic carboxylic acids is 1. The van der Waals surface area contributed by atoms with E-state index in [1.165, 1.54) is 11.3 Å². The highest BCUT2D eigenvalue weighted by molar-refractivity contribution is 7.13. The van der Waals surface area contributed by atoms with E-state index in [0.717, 1.165) is 27.0 Å². The number of nitrogens with zero attached hydrogens (tertiary/aromatic N) is 1. The average Bonchev–Trinajstić information content (AvgIpc) is 3.35. The Morgan fingerprint density at radius 3 is 2.83 bits per heavy atom. The standard InChI is InChI=1S/C22H18ClN3O3S/c23-15-5-3-4-13(8-15)21-25-16(12-30-21)10-20(27)26-19(22(28)29)9-14-11-24-18-7-2-1-6-17(14)18/h1-8,11-12,19,24H,9-10H2,(H,26,27)(H,28,29)/t19-/m0/s1. The van der Waals surface area contributed by atoms with E-state index in [4.69, 9.17) is 11.6 Å². The predicted octanol–water partition coefficient (Wildman–Crippen LogP) is 4.30. The molecule has 0 saturated carbocycles. The van der Waals surface area contributed by atoms with Gasteiger partial charge in [0.25, 0.3) is 0 Å². The van der Waals surface area contributed by atoms with Gasteiger partial charge in [-0.15, -0.1) is 11.3 Å². The predicted molar refractivity (Wildman–Crippen MR) is 118 cm³/mol. The molecular weight excluding hydrogens is 422 g/mol. The normalized spacial score (nSPS) is 12.0. The molecule has 0 unspecified atom stereocenters. The van der Waals surface area contributed by atoms with Gasteiger partial charge in [-0.05, 0) is 23.8 Å². The Bertz CT molecular complexity index is 1220. The second-order valence-electron chi connectivity index (χ2n) is 6.85. The van der Waals surface area contributed by atoms with Gasteiger partial charge in [0.05, 0.1) is 12.1 Å². The highest BCUT2D eigenvalue weighted by Gasteiger charge is 2.22. The SMILES string of the molecule is O=C(Cc1csc(-c2cccc(Cl)c2)n1)N[C@@H](Cc1c[nH]c2ccccc12)C(=O)O. The molecule has 152 valence electrons. The summed E-state index contributed by atoms with van der Waals surface area (Å²) in [4.78, 5) is 31.8. The lowest BCUT2D eigenvalue weighted by molar-refractivity contribution is -0.141. The summed E-state index contributed by atoms with van der Waals surface area (Å²) in [6.07, 6.45) is 1.98.